The molecule has 0 saturated carbocycles. The van der Waals surface area contributed by atoms with Crippen LogP contribution in [-0.4, -0.2) is 47.6 Å². The number of likely N-dealkylation sites (N-methyl/N-ethyl adjacent to an activating group) is 1. The van der Waals surface area contributed by atoms with Gasteiger partial charge >= 0.3 is 0 Å². The van der Waals surface area contributed by atoms with Gasteiger partial charge < -0.3 is 9.80 Å². The topological polar surface area (TPSA) is 32.3 Å². The highest BCUT2D eigenvalue weighted by atomic mass is 127. The van der Waals surface area contributed by atoms with Gasteiger partial charge in [0.1, 0.15) is 12.1 Å². The van der Waals surface area contributed by atoms with Crippen molar-refractivity contribution in [3.8, 4) is 0 Å². The average molecular weight is 318 g/mol. The number of rotatable bonds is 2. The molecule has 0 atom stereocenters. The van der Waals surface area contributed by atoms with Crippen LogP contribution in [0.3, 0.4) is 0 Å². The van der Waals surface area contributed by atoms with E-state index in [-0.39, 0.29) is 0 Å². The Morgan fingerprint density at radius 3 is 2.67 bits per heavy atom. The molecule has 1 saturated heterocycles. The van der Waals surface area contributed by atoms with Crippen LogP contribution in [0.2, 0.25) is 0 Å². The van der Waals surface area contributed by atoms with Gasteiger partial charge in [0.2, 0.25) is 0 Å². The fourth-order valence-corrected chi connectivity index (χ4v) is 2.46. The van der Waals surface area contributed by atoms with Crippen molar-refractivity contribution in [1.29, 1.82) is 0 Å². The SMILES string of the molecule is CCN1CCN(c2ncncc2I)CC1. The summed E-state index contributed by atoms with van der Waals surface area (Å²) in [5.74, 6) is 1.08. The van der Waals surface area contributed by atoms with Crippen LogP contribution in [-0.2, 0) is 0 Å². The lowest BCUT2D eigenvalue weighted by Crippen LogP contribution is -2.46. The molecule has 0 spiro atoms. The number of halogens is 1. The maximum Gasteiger partial charge on any atom is 0.145 e. The summed E-state index contributed by atoms with van der Waals surface area (Å²) < 4.78 is 1.14. The van der Waals surface area contributed by atoms with E-state index < -0.39 is 0 Å². The van der Waals surface area contributed by atoms with Crippen LogP contribution in [0.4, 0.5) is 5.82 Å². The number of anilines is 1. The Hall–Kier alpha value is -0.430. The van der Waals surface area contributed by atoms with Crippen molar-refractivity contribution in [2.75, 3.05) is 37.6 Å². The summed E-state index contributed by atoms with van der Waals surface area (Å²) in [6.45, 7) is 7.77. The monoisotopic (exact) mass is 318 g/mol. The first-order valence-corrected chi connectivity index (χ1v) is 6.32. The standard InChI is InChI=1S/C10H15IN4/c1-2-14-3-5-15(6-4-14)10-9(11)7-12-8-13-10/h7-8H,2-6H2,1H3. The Morgan fingerprint density at radius 2 is 2.07 bits per heavy atom. The molecule has 82 valence electrons. The van der Waals surface area contributed by atoms with Crippen LogP contribution < -0.4 is 4.90 Å². The van der Waals surface area contributed by atoms with Crippen LogP contribution in [0.15, 0.2) is 12.5 Å². The molecule has 0 radical (unpaired) electrons. The highest BCUT2D eigenvalue weighted by Crippen LogP contribution is 2.19. The van der Waals surface area contributed by atoms with E-state index in [1.165, 1.54) is 0 Å². The van der Waals surface area contributed by atoms with Crippen LogP contribution in [0, 0.1) is 3.57 Å². The Bertz CT molecular complexity index is 323. The molecular weight excluding hydrogens is 303 g/mol. The van der Waals surface area contributed by atoms with E-state index >= 15 is 0 Å². The average Bonchev–Trinajstić information content (AvgIpc) is 2.30. The normalized spacial score (nSPS) is 18.1. The first-order chi connectivity index (χ1) is 7.31. The lowest BCUT2D eigenvalue weighted by Gasteiger charge is -2.35. The van der Waals surface area contributed by atoms with E-state index in [1.54, 1.807) is 6.33 Å². The zero-order valence-corrected chi connectivity index (χ0v) is 11.0. The summed E-state index contributed by atoms with van der Waals surface area (Å²) in [5.41, 5.74) is 0. The van der Waals surface area contributed by atoms with Crippen molar-refractivity contribution in [3.05, 3.63) is 16.1 Å². The second kappa shape index (κ2) is 5.07. The summed E-state index contributed by atoms with van der Waals surface area (Å²) >= 11 is 2.30. The molecule has 15 heavy (non-hydrogen) atoms. The smallest absolute Gasteiger partial charge is 0.145 e. The Labute approximate surface area is 104 Å². The molecule has 1 aromatic rings. The van der Waals surface area contributed by atoms with Gasteiger partial charge in [0.05, 0.1) is 3.57 Å². The van der Waals surface area contributed by atoms with Gasteiger partial charge in [-0.3, -0.25) is 0 Å². The number of hydrogen-bond acceptors (Lipinski definition) is 4. The Balaban J connectivity index is 2.04. The molecule has 5 heteroatoms. The number of nitrogens with zero attached hydrogens (tertiary/aromatic N) is 4. The van der Waals surface area contributed by atoms with Crippen molar-refractivity contribution in [1.82, 2.24) is 14.9 Å². The van der Waals surface area contributed by atoms with Crippen LogP contribution in [0.1, 0.15) is 6.92 Å². The minimum atomic E-state index is 1.07. The minimum absolute atomic E-state index is 1.07. The molecule has 0 unspecified atom stereocenters. The molecule has 1 fully saturated rings. The summed E-state index contributed by atoms with van der Waals surface area (Å²) in [5, 5.41) is 0. The molecule has 1 aliphatic heterocycles. The second-order valence-corrected chi connectivity index (χ2v) is 4.78. The number of aromatic nitrogens is 2. The van der Waals surface area contributed by atoms with E-state index in [0.29, 0.717) is 0 Å². The van der Waals surface area contributed by atoms with E-state index in [4.69, 9.17) is 0 Å². The van der Waals surface area contributed by atoms with E-state index in [2.05, 4.69) is 49.3 Å². The van der Waals surface area contributed by atoms with Gasteiger partial charge in [-0.2, -0.15) is 0 Å². The molecule has 4 nitrogen and oxygen atoms in total. The molecule has 2 heterocycles. The fourth-order valence-electron chi connectivity index (χ4n) is 1.81. The molecule has 1 aliphatic rings. The predicted molar refractivity (Wildman–Crippen MR) is 69.1 cm³/mol. The van der Waals surface area contributed by atoms with E-state index in [1.807, 2.05) is 6.20 Å². The van der Waals surface area contributed by atoms with Crippen molar-refractivity contribution in [2.24, 2.45) is 0 Å². The molecule has 0 N–H and O–H groups in total. The number of hydrogen-bond donors (Lipinski definition) is 0. The molecule has 2 rings (SSSR count). The lowest BCUT2D eigenvalue weighted by atomic mass is 10.3. The first-order valence-electron chi connectivity index (χ1n) is 5.24. The first kappa shape index (κ1) is 11.1. The third-order valence-corrected chi connectivity index (χ3v) is 3.53. The van der Waals surface area contributed by atoms with E-state index in [0.717, 1.165) is 42.1 Å². The molecule has 1 aromatic heterocycles. The quantitative estimate of drug-likeness (QED) is 0.768. The summed E-state index contributed by atoms with van der Waals surface area (Å²) in [6, 6.07) is 0. The van der Waals surface area contributed by atoms with Gasteiger partial charge in [0.25, 0.3) is 0 Å². The van der Waals surface area contributed by atoms with Crippen LogP contribution in [0.5, 0.6) is 0 Å². The third kappa shape index (κ3) is 2.57. The second-order valence-electron chi connectivity index (χ2n) is 3.62. The highest BCUT2D eigenvalue weighted by molar-refractivity contribution is 14.1. The Kier molecular flexibility index (Phi) is 3.74. The fraction of sp³-hybridized carbons (Fsp3) is 0.600. The van der Waals surface area contributed by atoms with Crippen molar-refractivity contribution in [3.63, 3.8) is 0 Å². The third-order valence-electron chi connectivity index (χ3n) is 2.77. The van der Waals surface area contributed by atoms with Gasteiger partial charge in [-0.1, -0.05) is 6.92 Å². The largest absolute Gasteiger partial charge is 0.353 e. The number of piperazine rings is 1. The van der Waals surface area contributed by atoms with Gasteiger partial charge in [0.15, 0.2) is 0 Å². The molecule has 0 aliphatic carbocycles. The molecular formula is C10H15IN4. The van der Waals surface area contributed by atoms with Crippen LogP contribution >= 0.6 is 22.6 Å². The van der Waals surface area contributed by atoms with Crippen LogP contribution in [0.25, 0.3) is 0 Å². The summed E-state index contributed by atoms with van der Waals surface area (Å²) in [4.78, 5) is 13.2. The predicted octanol–water partition coefficient (Wildman–Crippen LogP) is 1.22. The molecule has 0 amide bonds. The van der Waals surface area contributed by atoms with Gasteiger partial charge in [0, 0.05) is 32.4 Å². The maximum absolute atomic E-state index is 4.34. The van der Waals surface area contributed by atoms with Crippen molar-refractivity contribution in [2.45, 2.75) is 6.92 Å². The molecule has 0 aromatic carbocycles. The summed E-state index contributed by atoms with van der Waals surface area (Å²) in [6.07, 6.45) is 3.50. The minimum Gasteiger partial charge on any atom is -0.353 e. The van der Waals surface area contributed by atoms with E-state index in [9.17, 15) is 0 Å². The highest BCUT2D eigenvalue weighted by Gasteiger charge is 2.18. The maximum atomic E-state index is 4.34. The van der Waals surface area contributed by atoms with Gasteiger partial charge in [-0.25, -0.2) is 9.97 Å². The van der Waals surface area contributed by atoms with Crippen molar-refractivity contribution >= 4 is 28.4 Å². The molecule has 0 bridgehead atoms. The zero-order valence-electron chi connectivity index (χ0n) is 8.86. The lowest BCUT2D eigenvalue weighted by molar-refractivity contribution is 0.270. The summed E-state index contributed by atoms with van der Waals surface area (Å²) in [7, 11) is 0. The Morgan fingerprint density at radius 1 is 1.33 bits per heavy atom. The van der Waals surface area contributed by atoms with Crippen molar-refractivity contribution < 1.29 is 0 Å². The zero-order chi connectivity index (χ0) is 10.7. The van der Waals surface area contributed by atoms with Gasteiger partial charge in [-0.05, 0) is 29.1 Å². The van der Waals surface area contributed by atoms with Gasteiger partial charge in [-0.15, -0.1) is 0 Å².